The van der Waals surface area contributed by atoms with Gasteiger partial charge in [-0.15, -0.1) is 0 Å². The first kappa shape index (κ1) is 22.9. The van der Waals surface area contributed by atoms with E-state index >= 15 is 0 Å². The monoisotopic (exact) mass is 463 g/mol. The van der Waals surface area contributed by atoms with Gasteiger partial charge in [0.2, 0.25) is 0 Å². The number of fused-ring (bicyclic) bond motifs is 1. The second-order valence-corrected chi connectivity index (χ2v) is 8.46. The zero-order valence-electron chi connectivity index (χ0n) is 17.7. The second kappa shape index (κ2) is 7.93. The third-order valence-corrected chi connectivity index (χ3v) is 5.47. The number of alkyl halides is 6. The summed E-state index contributed by atoms with van der Waals surface area (Å²) in [6, 6.07) is 15.4. The van der Waals surface area contributed by atoms with Crippen molar-refractivity contribution in [2.75, 3.05) is 6.54 Å². The molecule has 0 N–H and O–H groups in total. The quantitative estimate of drug-likeness (QED) is 0.366. The number of rotatable bonds is 3. The van der Waals surface area contributed by atoms with Crippen LogP contribution in [-0.4, -0.2) is 12.3 Å². The van der Waals surface area contributed by atoms with Gasteiger partial charge in [0.1, 0.15) is 11.5 Å². The van der Waals surface area contributed by atoms with Gasteiger partial charge in [0.25, 0.3) is 0 Å². The van der Waals surface area contributed by atoms with Crippen LogP contribution in [0.2, 0.25) is 0 Å². The maximum absolute atomic E-state index is 13.1. The molecule has 2 nitrogen and oxygen atoms in total. The van der Waals surface area contributed by atoms with Gasteiger partial charge in [0, 0.05) is 23.1 Å². The van der Waals surface area contributed by atoms with Crippen LogP contribution in [0.1, 0.15) is 41.7 Å². The summed E-state index contributed by atoms with van der Waals surface area (Å²) < 4.78 is 83.8. The van der Waals surface area contributed by atoms with Crippen LogP contribution < -0.4 is 4.74 Å². The second-order valence-electron chi connectivity index (χ2n) is 8.46. The molecule has 4 rings (SSSR count). The fourth-order valence-corrected chi connectivity index (χ4v) is 3.78. The van der Waals surface area contributed by atoms with E-state index in [4.69, 9.17) is 9.73 Å². The van der Waals surface area contributed by atoms with Crippen LogP contribution in [0.5, 0.6) is 11.5 Å². The van der Waals surface area contributed by atoms with Crippen molar-refractivity contribution >= 4 is 5.71 Å². The van der Waals surface area contributed by atoms with Gasteiger partial charge in [-0.05, 0) is 48.0 Å². The van der Waals surface area contributed by atoms with Gasteiger partial charge in [-0.25, -0.2) is 0 Å². The van der Waals surface area contributed by atoms with Crippen LogP contribution in [0.4, 0.5) is 26.3 Å². The SMILES string of the molecule is CC1(C)CN=C(c2ccc(Oc3cc(C(F)(F)F)cc(C(F)(F)F)c3)cc2)c2ccccc21. The number of hydrogen-bond donors (Lipinski definition) is 0. The first-order valence-electron chi connectivity index (χ1n) is 10.1. The lowest BCUT2D eigenvalue weighted by molar-refractivity contribution is -0.143. The summed E-state index contributed by atoms with van der Waals surface area (Å²) in [5, 5.41) is 0. The Hall–Kier alpha value is -3.29. The highest BCUT2D eigenvalue weighted by Gasteiger charge is 2.37. The molecule has 0 unspecified atom stereocenters. The molecule has 0 aliphatic carbocycles. The van der Waals surface area contributed by atoms with E-state index in [1.807, 2.05) is 24.3 Å². The van der Waals surface area contributed by atoms with Crippen LogP contribution in [0.15, 0.2) is 71.7 Å². The van der Waals surface area contributed by atoms with Crippen molar-refractivity contribution in [2.24, 2.45) is 4.99 Å². The van der Waals surface area contributed by atoms with Gasteiger partial charge in [-0.1, -0.05) is 38.1 Å². The van der Waals surface area contributed by atoms with E-state index in [0.717, 1.165) is 22.4 Å². The van der Waals surface area contributed by atoms with Gasteiger partial charge in [0.05, 0.1) is 16.8 Å². The number of ether oxygens (including phenoxy) is 1. The summed E-state index contributed by atoms with van der Waals surface area (Å²) in [4.78, 5) is 4.71. The minimum absolute atomic E-state index is 0.0656. The fraction of sp³-hybridized carbons (Fsp3) is 0.240. The van der Waals surface area contributed by atoms with E-state index in [-0.39, 0.29) is 17.2 Å². The zero-order chi connectivity index (χ0) is 24.0. The Labute approximate surface area is 186 Å². The molecule has 8 heteroatoms. The molecule has 33 heavy (non-hydrogen) atoms. The van der Waals surface area contributed by atoms with Crippen LogP contribution in [0, 0.1) is 0 Å². The largest absolute Gasteiger partial charge is 0.457 e. The summed E-state index contributed by atoms with van der Waals surface area (Å²) in [7, 11) is 0. The Kier molecular flexibility index (Phi) is 5.50. The Morgan fingerprint density at radius 1 is 0.758 bits per heavy atom. The Bertz CT molecular complexity index is 1170. The van der Waals surface area contributed by atoms with E-state index < -0.39 is 29.2 Å². The summed E-state index contributed by atoms with van der Waals surface area (Å²) in [5.74, 6) is -0.441. The van der Waals surface area contributed by atoms with Crippen molar-refractivity contribution in [3.8, 4) is 11.5 Å². The predicted octanol–water partition coefficient (Wildman–Crippen LogP) is 7.65. The number of hydrogen-bond acceptors (Lipinski definition) is 2. The Balaban J connectivity index is 1.64. The molecule has 0 amide bonds. The third-order valence-electron chi connectivity index (χ3n) is 5.47. The fourth-order valence-electron chi connectivity index (χ4n) is 3.78. The molecule has 0 fully saturated rings. The zero-order valence-corrected chi connectivity index (χ0v) is 17.7. The predicted molar refractivity (Wildman–Crippen MR) is 113 cm³/mol. The molecule has 0 bridgehead atoms. The molecule has 1 aliphatic heterocycles. The summed E-state index contributed by atoms with van der Waals surface area (Å²) >= 11 is 0. The Morgan fingerprint density at radius 3 is 1.91 bits per heavy atom. The Morgan fingerprint density at radius 2 is 1.33 bits per heavy atom. The molecule has 0 radical (unpaired) electrons. The van der Waals surface area contributed by atoms with Crippen LogP contribution in [-0.2, 0) is 17.8 Å². The topological polar surface area (TPSA) is 21.6 Å². The third kappa shape index (κ3) is 4.74. The first-order valence-corrected chi connectivity index (χ1v) is 10.1. The van der Waals surface area contributed by atoms with Crippen LogP contribution in [0.25, 0.3) is 0 Å². The molecule has 172 valence electrons. The molecule has 1 aliphatic rings. The normalized spacial score (nSPS) is 15.6. The molecule has 3 aromatic carbocycles. The van der Waals surface area contributed by atoms with Crippen molar-refractivity contribution in [3.63, 3.8) is 0 Å². The number of nitrogens with zero attached hydrogens (tertiary/aromatic N) is 1. The maximum atomic E-state index is 13.1. The van der Waals surface area contributed by atoms with Crippen molar-refractivity contribution in [1.82, 2.24) is 0 Å². The molecule has 3 aromatic rings. The molecule has 0 saturated carbocycles. The molecule has 0 spiro atoms. The number of halogens is 6. The van der Waals surface area contributed by atoms with E-state index in [9.17, 15) is 26.3 Å². The standard InChI is InChI=1S/C25H19F6NO/c1-23(2)14-32-22(20-5-3-4-6-21(20)23)15-7-9-18(10-8-15)33-19-12-16(24(26,27)28)11-17(13-19)25(29,30)31/h3-13H,14H2,1-2H3. The molecule has 0 atom stereocenters. The highest BCUT2D eigenvalue weighted by molar-refractivity contribution is 6.14. The van der Waals surface area contributed by atoms with Gasteiger partial charge in [0.15, 0.2) is 0 Å². The summed E-state index contributed by atoms with van der Waals surface area (Å²) in [5.41, 5.74) is 0.691. The van der Waals surface area contributed by atoms with E-state index in [2.05, 4.69) is 13.8 Å². The highest BCUT2D eigenvalue weighted by atomic mass is 19.4. The molecular weight excluding hydrogens is 444 g/mol. The van der Waals surface area contributed by atoms with Crippen LogP contribution >= 0.6 is 0 Å². The molecule has 1 heterocycles. The van der Waals surface area contributed by atoms with Crippen LogP contribution in [0.3, 0.4) is 0 Å². The average Bonchev–Trinajstić information content (AvgIpc) is 2.73. The average molecular weight is 463 g/mol. The minimum Gasteiger partial charge on any atom is -0.457 e. The smallest absolute Gasteiger partial charge is 0.416 e. The van der Waals surface area contributed by atoms with E-state index in [1.165, 1.54) is 12.1 Å². The maximum Gasteiger partial charge on any atom is 0.416 e. The number of benzene rings is 3. The van der Waals surface area contributed by atoms with Gasteiger partial charge in [-0.2, -0.15) is 26.3 Å². The minimum atomic E-state index is -4.94. The van der Waals surface area contributed by atoms with E-state index in [1.54, 1.807) is 12.1 Å². The van der Waals surface area contributed by atoms with Gasteiger partial charge in [-0.3, -0.25) is 4.99 Å². The van der Waals surface area contributed by atoms with Crippen molar-refractivity contribution in [2.45, 2.75) is 31.6 Å². The van der Waals surface area contributed by atoms with Gasteiger partial charge >= 0.3 is 12.4 Å². The lowest BCUT2D eigenvalue weighted by atomic mass is 9.77. The lowest BCUT2D eigenvalue weighted by Crippen LogP contribution is -2.29. The van der Waals surface area contributed by atoms with E-state index in [0.29, 0.717) is 18.7 Å². The van der Waals surface area contributed by atoms with Crippen molar-refractivity contribution in [1.29, 1.82) is 0 Å². The molecule has 0 saturated heterocycles. The highest BCUT2D eigenvalue weighted by Crippen LogP contribution is 2.39. The molecular formula is C25H19F6NO. The van der Waals surface area contributed by atoms with Gasteiger partial charge < -0.3 is 4.74 Å². The lowest BCUT2D eigenvalue weighted by Gasteiger charge is -2.31. The molecule has 0 aromatic heterocycles. The first-order chi connectivity index (χ1) is 15.3. The van der Waals surface area contributed by atoms with Crippen molar-refractivity contribution < 1.29 is 31.1 Å². The summed E-state index contributed by atoms with van der Waals surface area (Å²) in [6.07, 6.45) is -9.88. The number of aliphatic imine (C=N–C) groups is 1. The summed E-state index contributed by atoms with van der Waals surface area (Å²) in [6.45, 7) is 4.79. The van der Waals surface area contributed by atoms with Crippen molar-refractivity contribution in [3.05, 3.63) is 94.5 Å².